The number of halogens is 3. The molecule has 1 aromatic carbocycles. The van der Waals surface area contributed by atoms with Gasteiger partial charge in [-0.05, 0) is 12.1 Å². The molecule has 0 fully saturated rings. The second-order valence-electron chi connectivity index (χ2n) is 3.63. The Labute approximate surface area is 99.6 Å². The number of nitrogens with one attached hydrogen (secondary N) is 1. The van der Waals surface area contributed by atoms with E-state index in [-0.39, 0.29) is 6.54 Å². The predicted molar refractivity (Wildman–Crippen MR) is 56.6 cm³/mol. The minimum Gasteiger partial charge on any atom is -0.345 e. The van der Waals surface area contributed by atoms with Gasteiger partial charge in [0.05, 0.1) is 5.52 Å². The summed E-state index contributed by atoms with van der Waals surface area (Å²) in [5, 5.41) is 9.27. The van der Waals surface area contributed by atoms with Crippen LogP contribution in [0.5, 0.6) is 0 Å². The summed E-state index contributed by atoms with van der Waals surface area (Å²) in [7, 11) is 0. The van der Waals surface area contributed by atoms with Gasteiger partial charge in [-0.3, -0.25) is 4.79 Å². The minimum absolute atomic E-state index is 0.295. The SMILES string of the molecule is O=C(Cn1nnc2ccccc21)NCC(F)(F)F. The fourth-order valence-electron chi connectivity index (χ4n) is 1.42. The van der Waals surface area contributed by atoms with Crippen LogP contribution >= 0.6 is 0 Å². The highest BCUT2D eigenvalue weighted by Gasteiger charge is 2.27. The van der Waals surface area contributed by atoms with E-state index in [1.807, 2.05) is 0 Å². The maximum absolute atomic E-state index is 11.9. The molecular formula is C10H9F3N4O. The topological polar surface area (TPSA) is 59.8 Å². The molecule has 0 radical (unpaired) electrons. The predicted octanol–water partition coefficient (Wildman–Crippen LogP) is 1.11. The summed E-state index contributed by atoms with van der Waals surface area (Å²) in [6, 6.07) is 6.87. The molecule has 18 heavy (non-hydrogen) atoms. The van der Waals surface area contributed by atoms with Gasteiger partial charge in [0.15, 0.2) is 0 Å². The van der Waals surface area contributed by atoms with E-state index in [2.05, 4.69) is 10.3 Å². The largest absolute Gasteiger partial charge is 0.405 e. The van der Waals surface area contributed by atoms with E-state index in [9.17, 15) is 18.0 Å². The highest BCUT2D eigenvalue weighted by Crippen LogP contribution is 2.12. The van der Waals surface area contributed by atoms with Crippen molar-refractivity contribution in [3.05, 3.63) is 24.3 Å². The highest BCUT2D eigenvalue weighted by atomic mass is 19.4. The van der Waals surface area contributed by atoms with Gasteiger partial charge in [-0.15, -0.1) is 5.10 Å². The third kappa shape index (κ3) is 2.96. The van der Waals surface area contributed by atoms with Crippen LogP contribution in [0.4, 0.5) is 13.2 Å². The molecule has 2 aromatic rings. The van der Waals surface area contributed by atoms with Gasteiger partial charge in [-0.1, -0.05) is 17.3 Å². The molecule has 0 aliphatic rings. The maximum atomic E-state index is 11.9. The van der Waals surface area contributed by atoms with Gasteiger partial charge in [-0.2, -0.15) is 13.2 Å². The lowest BCUT2D eigenvalue weighted by atomic mass is 10.3. The molecule has 1 aromatic heterocycles. The highest BCUT2D eigenvalue weighted by molar-refractivity contribution is 5.79. The summed E-state index contributed by atoms with van der Waals surface area (Å²) in [4.78, 5) is 11.3. The quantitative estimate of drug-likeness (QED) is 0.897. The van der Waals surface area contributed by atoms with Crippen LogP contribution in [0.2, 0.25) is 0 Å². The first-order valence-corrected chi connectivity index (χ1v) is 5.07. The summed E-state index contributed by atoms with van der Waals surface area (Å²) < 4.78 is 36.9. The number of para-hydroxylation sites is 1. The summed E-state index contributed by atoms with van der Waals surface area (Å²) >= 11 is 0. The average Bonchev–Trinajstić information content (AvgIpc) is 2.70. The molecule has 0 atom stereocenters. The third-order valence-electron chi connectivity index (χ3n) is 2.20. The van der Waals surface area contributed by atoms with Gasteiger partial charge in [0.2, 0.25) is 5.91 Å². The fourth-order valence-corrected chi connectivity index (χ4v) is 1.42. The van der Waals surface area contributed by atoms with Crippen LogP contribution < -0.4 is 5.32 Å². The van der Waals surface area contributed by atoms with Gasteiger partial charge in [0, 0.05) is 0 Å². The number of rotatable bonds is 3. The number of carbonyl (C=O) groups excluding carboxylic acids is 1. The van der Waals surface area contributed by atoms with E-state index in [0.29, 0.717) is 11.0 Å². The van der Waals surface area contributed by atoms with Crippen molar-refractivity contribution >= 4 is 16.9 Å². The zero-order chi connectivity index (χ0) is 13.2. The number of hydrogen-bond donors (Lipinski definition) is 1. The molecule has 8 heteroatoms. The number of aromatic nitrogens is 3. The summed E-state index contributed by atoms with van der Waals surface area (Å²) in [5.41, 5.74) is 1.18. The number of amides is 1. The van der Waals surface area contributed by atoms with E-state index in [1.165, 1.54) is 4.68 Å². The lowest BCUT2D eigenvalue weighted by molar-refractivity contribution is -0.138. The Morgan fingerprint density at radius 2 is 2.06 bits per heavy atom. The number of nitrogens with zero attached hydrogens (tertiary/aromatic N) is 3. The smallest absolute Gasteiger partial charge is 0.345 e. The van der Waals surface area contributed by atoms with E-state index in [1.54, 1.807) is 29.6 Å². The third-order valence-corrected chi connectivity index (χ3v) is 2.20. The number of benzene rings is 1. The molecule has 0 saturated heterocycles. The molecule has 0 unspecified atom stereocenters. The molecule has 1 heterocycles. The monoisotopic (exact) mass is 258 g/mol. The second kappa shape index (κ2) is 4.63. The summed E-state index contributed by atoms with van der Waals surface area (Å²) in [6.07, 6.45) is -4.42. The van der Waals surface area contributed by atoms with Crippen molar-refractivity contribution in [3.63, 3.8) is 0 Å². The number of hydrogen-bond acceptors (Lipinski definition) is 3. The van der Waals surface area contributed by atoms with Crippen molar-refractivity contribution in [2.45, 2.75) is 12.7 Å². The second-order valence-corrected chi connectivity index (χ2v) is 3.63. The first kappa shape index (κ1) is 12.3. The van der Waals surface area contributed by atoms with Gasteiger partial charge in [0.1, 0.15) is 18.6 Å². The van der Waals surface area contributed by atoms with Crippen LogP contribution in [0.15, 0.2) is 24.3 Å². The molecule has 0 aliphatic carbocycles. The van der Waals surface area contributed by atoms with Crippen molar-refractivity contribution in [1.29, 1.82) is 0 Å². The Hall–Kier alpha value is -2.12. The van der Waals surface area contributed by atoms with Gasteiger partial charge in [-0.25, -0.2) is 4.68 Å². The molecule has 1 amide bonds. The number of carbonyl (C=O) groups is 1. The number of fused-ring (bicyclic) bond motifs is 1. The Kier molecular flexibility index (Phi) is 3.17. The van der Waals surface area contributed by atoms with E-state index >= 15 is 0 Å². The zero-order valence-electron chi connectivity index (χ0n) is 9.11. The van der Waals surface area contributed by atoms with E-state index in [0.717, 1.165) is 0 Å². The first-order valence-electron chi connectivity index (χ1n) is 5.07. The molecule has 96 valence electrons. The normalized spacial score (nSPS) is 11.7. The maximum Gasteiger partial charge on any atom is 0.405 e. The van der Waals surface area contributed by atoms with Crippen LogP contribution in [0.1, 0.15) is 0 Å². The molecular weight excluding hydrogens is 249 g/mol. The Bertz CT molecular complexity index is 563. The molecule has 0 saturated carbocycles. The van der Waals surface area contributed by atoms with Crippen LogP contribution in [0.25, 0.3) is 11.0 Å². The summed E-state index contributed by atoms with van der Waals surface area (Å²) in [5.74, 6) is -0.761. The standard InChI is InChI=1S/C10H9F3N4O/c11-10(12,13)6-14-9(18)5-17-8-4-2-1-3-7(8)15-16-17/h1-4H,5-6H2,(H,14,18). The van der Waals surface area contributed by atoms with Crippen molar-refractivity contribution in [2.24, 2.45) is 0 Å². The van der Waals surface area contributed by atoms with Gasteiger partial charge >= 0.3 is 6.18 Å². The molecule has 0 aliphatic heterocycles. The fraction of sp³-hybridized carbons (Fsp3) is 0.300. The van der Waals surface area contributed by atoms with Gasteiger partial charge < -0.3 is 5.32 Å². The summed E-state index contributed by atoms with van der Waals surface area (Å²) in [6.45, 7) is -1.64. The molecule has 1 N–H and O–H groups in total. The molecule has 2 rings (SSSR count). The van der Waals surface area contributed by atoms with Crippen LogP contribution in [-0.2, 0) is 11.3 Å². The van der Waals surface area contributed by atoms with Crippen LogP contribution in [-0.4, -0.2) is 33.6 Å². The molecule has 0 bridgehead atoms. The minimum atomic E-state index is -4.42. The first-order chi connectivity index (χ1) is 8.46. The van der Waals surface area contributed by atoms with Crippen molar-refractivity contribution < 1.29 is 18.0 Å². The lowest BCUT2D eigenvalue weighted by Gasteiger charge is -2.08. The molecule has 5 nitrogen and oxygen atoms in total. The van der Waals surface area contributed by atoms with Crippen LogP contribution in [0, 0.1) is 0 Å². The van der Waals surface area contributed by atoms with E-state index in [4.69, 9.17) is 0 Å². The van der Waals surface area contributed by atoms with Crippen molar-refractivity contribution in [3.8, 4) is 0 Å². The van der Waals surface area contributed by atoms with Gasteiger partial charge in [0.25, 0.3) is 0 Å². The lowest BCUT2D eigenvalue weighted by Crippen LogP contribution is -2.36. The van der Waals surface area contributed by atoms with E-state index < -0.39 is 18.6 Å². The Morgan fingerprint density at radius 1 is 1.33 bits per heavy atom. The average molecular weight is 258 g/mol. The Balaban J connectivity index is 2.03. The van der Waals surface area contributed by atoms with Crippen molar-refractivity contribution in [1.82, 2.24) is 20.3 Å². The Morgan fingerprint density at radius 3 is 2.78 bits per heavy atom. The van der Waals surface area contributed by atoms with Crippen LogP contribution in [0.3, 0.4) is 0 Å². The number of alkyl halides is 3. The van der Waals surface area contributed by atoms with Crippen molar-refractivity contribution in [2.75, 3.05) is 6.54 Å². The molecule has 0 spiro atoms. The zero-order valence-corrected chi connectivity index (χ0v) is 9.11.